The van der Waals surface area contributed by atoms with Crippen LogP contribution in [0.4, 0.5) is 13.2 Å². The molecule has 0 heterocycles. The van der Waals surface area contributed by atoms with Crippen molar-refractivity contribution in [3.63, 3.8) is 0 Å². The minimum absolute atomic E-state index is 0.728. The Balaban J connectivity index is 4.86. The first kappa shape index (κ1) is 13.7. The molecule has 0 aliphatic carbocycles. The van der Waals surface area contributed by atoms with E-state index in [2.05, 4.69) is 4.74 Å². The van der Waals surface area contributed by atoms with Crippen molar-refractivity contribution in [1.29, 1.82) is 0 Å². The molecular weight excluding hydrogens is 215 g/mol. The molecule has 0 saturated heterocycles. The molecule has 0 aliphatic rings. The molecule has 0 bridgehead atoms. The molecule has 1 amide bonds. The molecule has 0 spiro atoms. The van der Waals surface area contributed by atoms with Crippen LogP contribution in [0.2, 0.25) is 0 Å². The Morgan fingerprint density at radius 2 is 1.80 bits per heavy atom. The van der Waals surface area contributed by atoms with Gasteiger partial charge in [0, 0.05) is 6.92 Å². The van der Waals surface area contributed by atoms with Gasteiger partial charge in [0.05, 0.1) is 13.5 Å². The van der Waals surface area contributed by atoms with E-state index in [4.69, 9.17) is 0 Å². The van der Waals surface area contributed by atoms with Crippen molar-refractivity contribution in [2.24, 2.45) is 0 Å². The van der Waals surface area contributed by atoms with E-state index in [1.807, 2.05) is 0 Å². The predicted octanol–water partition coefficient (Wildman–Crippen LogP) is 1.01. The lowest BCUT2D eigenvalue weighted by Crippen LogP contribution is -2.57. The topological polar surface area (TPSA) is 55.4 Å². The molecule has 0 aromatic carbocycles. The highest BCUT2D eigenvalue weighted by Crippen LogP contribution is 2.33. The molecule has 4 nitrogen and oxygen atoms in total. The Morgan fingerprint density at radius 1 is 1.33 bits per heavy atom. The molecule has 0 fully saturated rings. The van der Waals surface area contributed by atoms with Crippen LogP contribution in [0.25, 0.3) is 0 Å². The lowest BCUT2D eigenvalue weighted by Gasteiger charge is -2.31. The Kier molecular flexibility index (Phi) is 4.12. The molecule has 0 rings (SSSR count). The third-order valence-electron chi connectivity index (χ3n) is 1.80. The minimum Gasteiger partial charge on any atom is -0.469 e. The summed E-state index contributed by atoms with van der Waals surface area (Å²) in [6, 6.07) is 0. The number of halogens is 3. The van der Waals surface area contributed by atoms with E-state index in [0.717, 1.165) is 21.0 Å². The zero-order valence-corrected chi connectivity index (χ0v) is 8.57. The Bertz CT molecular complexity index is 264. The third kappa shape index (κ3) is 3.77. The average molecular weight is 227 g/mol. The number of esters is 1. The summed E-state index contributed by atoms with van der Waals surface area (Å²) < 4.78 is 41.7. The number of carbonyl (C=O) groups excluding carboxylic acids is 2. The summed E-state index contributed by atoms with van der Waals surface area (Å²) in [4.78, 5) is 21.4. The Morgan fingerprint density at radius 3 is 2.07 bits per heavy atom. The number of carbonyl (C=O) groups is 2. The summed E-state index contributed by atoms with van der Waals surface area (Å²) in [5.74, 6) is -1.90. The van der Waals surface area contributed by atoms with Crippen molar-refractivity contribution in [3.8, 4) is 0 Å². The number of rotatable bonds is 3. The van der Waals surface area contributed by atoms with E-state index in [1.165, 1.54) is 0 Å². The van der Waals surface area contributed by atoms with E-state index < -0.39 is 30.0 Å². The highest BCUT2D eigenvalue weighted by atomic mass is 19.4. The van der Waals surface area contributed by atoms with E-state index in [0.29, 0.717) is 0 Å². The second-order valence-corrected chi connectivity index (χ2v) is 3.26. The second kappa shape index (κ2) is 4.50. The number of amides is 1. The fourth-order valence-corrected chi connectivity index (χ4v) is 0.965. The van der Waals surface area contributed by atoms with Gasteiger partial charge in [-0.2, -0.15) is 13.2 Å². The second-order valence-electron chi connectivity index (χ2n) is 3.26. The number of alkyl halides is 3. The number of hydrogen-bond donors (Lipinski definition) is 1. The van der Waals surface area contributed by atoms with Gasteiger partial charge in [0.1, 0.15) is 5.54 Å². The van der Waals surface area contributed by atoms with Gasteiger partial charge in [-0.3, -0.25) is 9.59 Å². The quantitative estimate of drug-likeness (QED) is 0.732. The SMILES string of the molecule is COC(=O)C[C@](C)(NC(C)=O)C(F)(F)F. The van der Waals surface area contributed by atoms with Crippen LogP contribution >= 0.6 is 0 Å². The van der Waals surface area contributed by atoms with Crippen LogP contribution in [0.1, 0.15) is 20.3 Å². The molecule has 88 valence electrons. The van der Waals surface area contributed by atoms with Crippen LogP contribution in [-0.2, 0) is 14.3 Å². The minimum atomic E-state index is -4.72. The maximum Gasteiger partial charge on any atom is 0.411 e. The molecule has 1 N–H and O–H groups in total. The number of methoxy groups -OCH3 is 1. The molecule has 0 unspecified atom stereocenters. The molecule has 0 radical (unpaired) electrons. The van der Waals surface area contributed by atoms with Crippen LogP contribution in [0, 0.1) is 0 Å². The zero-order valence-electron chi connectivity index (χ0n) is 8.57. The highest BCUT2D eigenvalue weighted by molar-refractivity contribution is 5.76. The Labute approximate surface area is 84.8 Å². The summed E-state index contributed by atoms with van der Waals surface area (Å²) in [6.45, 7) is 1.67. The normalized spacial score (nSPS) is 15.3. The van der Waals surface area contributed by atoms with E-state index in [1.54, 1.807) is 5.32 Å². The number of nitrogens with one attached hydrogen (secondary N) is 1. The lowest BCUT2D eigenvalue weighted by atomic mass is 9.97. The van der Waals surface area contributed by atoms with E-state index in [9.17, 15) is 22.8 Å². The van der Waals surface area contributed by atoms with Gasteiger partial charge in [0.25, 0.3) is 0 Å². The maximum atomic E-state index is 12.5. The lowest BCUT2D eigenvalue weighted by molar-refractivity contribution is -0.199. The summed E-state index contributed by atoms with van der Waals surface area (Å²) in [6.07, 6.45) is -5.67. The monoisotopic (exact) mass is 227 g/mol. The first-order valence-electron chi connectivity index (χ1n) is 4.04. The van der Waals surface area contributed by atoms with Crippen molar-refractivity contribution in [2.45, 2.75) is 32.0 Å². The fraction of sp³-hybridized carbons (Fsp3) is 0.750. The van der Waals surface area contributed by atoms with Gasteiger partial charge in [0.2, 0.25) is 5.91 Å². The van der Waals surface area contributed by atoms with Gasteiger partial charge < -0.3 is 10.1 Å². The van der Waals surface area contributed by atoms with Crippen molar-refractivity contribution >= 4 is 11.9 Å². The summed E-state index contributed by atoms with van der Waals surface area (Å²) >= 11 is 0. The zero-order chi connectivity index (χ0) is 12.3. The van der Waals surface area contributed by atoms with E-state index in [-0.39, 0.29) is 0 Å². The van der Waals surface area contributed by atoms with E-state index >= 15 is 0 Å². The third-order valence-corrected chi connectivity index (χ3v) is 1.80. The van der Waals surface area contributed by atoms with Crippen LogP contribution < -0.4 is 5.32 Å². The maximum absolute atomic E-state index is 12.5. The molecular formula is C8H12F3NO3. The van der Waals surface area contributed by atoms with Crippen LogP contribution in [0.5, 0.6) is 0 Å². The molecule has 0 aromatic rings. The van der Waals surface area contributed by atoms with Gasteiger partial charge in [-0.15, -0.1) is 0 Å². The molecule has 0 saturated carbocycles. The molecule has 1 atom stereocenters. The van der Waals surface area contributed by atoms with Gasteiger partial charge in [-0.25, -0.2) is 0 Å². The van der Waals surface area contributed by atoms with Crippen LogP contribution in [0.3, 0.4) is 0 Å². The van der Waals surface area contributed by atoms with Gasteiger partial charge in [-0.05, 0) is 6.92 Å². The molecule has 0 aromatic heterocycles. The van der Waals surface area contributed by atoms with Gasteiger partial charge >= 0.3 is 12.1 Å². The van der Waals surface area contributed by atoms with Crippen molar-refractivity contribution in [2.75, 3.05) is 7.11 Å². The Hall–Kier alpha value is -1.27. The number of ether oxygens (including phenoxy) is 1. The van der Waals surface area contributed by atoms with Crippen LogP contribution in [-0.4, -0.2) is 30.7 Å². The average Bonchev–Trinajstić information content (AvgIpc) is 2.00. The largest absolute Gasteiger partial charge is 0.469 e. The fourth-order valence-electron chi connectivity index (χ4n) is 0.965. The first-order valence-corrected chi connectivity index (χ1v) is 4.04. The molecule has 15 heavy (non-hydrogen) atoms. The van der Waals surface area contributed by atoms with Crippen molar-refractivity contribution in [3.05, 3.63) is 0 Å². The summed E-state index contributed by atoms with van der Waals surface area (Å²) in [7, 11) is 0.979. The molecule has 0 aliphatic heterocycles. The number of hydrogen-bond acceptors (Lipinski definition) is 3. The van der Waals surface area contributed by atoms with Gasteiger partial charge in [-0.1, -0.05) is 0 Å². The highest BCUT2D eigenvalue weighted by Gasteiger charge is 2.53. The smallest absolute Gasteiger partial charge is 0.411 e. The van der Waals surface area contributed by atoms with Crippen molar-refractivity contribution < 1.29 is 27.5 Å². The summed E-state index contributed by atoms with van der Waals surface area (Å²) in [5, 5.41) is 1.70. The predicted molar refractivity (Wildman–Crippen MR) is 44.9 cm³/mol. The van der Waals surface area contributed by atoms with Gasteiger partial charge in [0.15, 0.2) is 0 Å². The van der Waals surface area contributed by atoms with Crippen molar-refractivity contribution in [1.82, 2.24) is 5.32 Å². The first-order chi connectivity index (χ1) is 6.62. The standard InChI is InChI=1S/C8H12F3NO3/c1-5(13)12-7(2,8(9,10)11)4-6(14)15-3/h4H2,1-3H3,(H,12,13)/t7-/m0/s1. The van der Waals surface area contributed by atoms with Crippen LogP contribution in [0.15, 0.2) is 0 Å². The molecule has 7 heteroatoms. The summed E-state index contributed by atoms with van der Waals surface area (Å²) in [5.41, 5.74) is -2.59.